The van der Waals surface area contributed by atoms with Gasteiger partial charge in [-0.15, -0.1) is 0 Å². The largest absolute Gasteiger partial charge is 0.481 e. The van der Waals surface area contributed by atoms with Crippen LogP contribution in [0.2, 0.25) is 0 Å². The van der Waals surface area contributed by atoms with Gasteiger partial charge in [0.25, 0.3) is 0 Å². The number of nitrogens with one attached hydrogen (secondary N) is 4. The zero-order chi connectivity index (χ0) is 30.7. The van der Waals surface area contributed by atoms with Gasteiger partial charge in [0, 0.05) is 30.1 Å². The molecular weight excluding hydrogens is 540 g/mol. The summed E-state index contributed by atoms with van der Waals surface area (Å²) >= 11 is 0. The average molecular weight is 577 g/mol. The number of aliphatic imine (C=N–C) groups is 1. The minimum atomic E-state index is -1.66. The number of carboxylic acids is 2. The maximum atomic E-state index is 13.4. The number of benzene rings is 1. The van der Waals surface area contributed by atoms with Gasteiger partial charge in [-0.3, -0.25) is 24.2 Å². The van der Waals surface area contributed by atoms with Crippen LogP contribution >= 0.6 is 0 Å². The molecule has 0 aliphatic carbocycles. The number of nitrogens with zero attached hydrogens (tertiary/aromatic N) is 1. The molecule has 1 heterocycles. The molecule has 16 nitrogen and oxygen atoms in total. The molecule has 0 radical (unpaired) electrons. The van der Waals surface area contributed by atoms with Gasteiger partial charge in [-0.2, -0.15) is 0 Å². The monoisotopic (exact) mass is 576 g/mol. The van der Waals surface area contributed by atoms with Crippen molar-refractivity contribution in [2.75, 3.05) is 6.54 Å². The number of amides is 3. The lowest BCUT2D eigenvalue weighted by molar-refractivity contribution is -0.145. The van der Waals surface area contributed by atoms with Gasteiger partial charge in [-0.1, -0.05) is 18.2 Å². The van der Waals surface area contributed by atoms with Crippen molar-refractivity contribution in [3.63, 3.8) is 0 Å². The van der Waals surface area contributed by atoms with Crippen molar-refractivity contribution in [3.8, 4) is 0 Å². The third-order valence-electron chi connectivity index (χ3n) is 6.09. The number of carbonyl (C=O) groups is 5. The molecule has 3 amide bonds. The highest BCUT2D eigenvalue weighted by Gasteiger charge is 2.32. The summed E-state index contributed by atoms with van der Waals surface area (Å²) in [6.45, 7) is 1.30. The number of carboxylic acid groups (broad SMARTS) is 2. The van der Waals surface area contributed by atoms with Crippen LogP contribution in [0.3, 0.4) is 0 Å². The van der Waals surface area contributed by atoms with Crippen LogP contribution in [0.15, 0.2) is 35.5 Å². The molecule has 1 aromatic heterocycles. The number of aliphatic carboxylic acids is 2. The van der Waals surface area contributed by atoms with Crippen LogP contribution in [0.1, 0.15) is 31.7 Å². The molecule has 224 valence electrons. The van der Waals surface area contributed by atoms with E-state index in [4.69, 9.17) is 22.3 Å². The number of para-hydroxylation sites is 1. The fourth-order valence-corrected chi connectivity index (χ4v) is 3.98. The molecular formula is C25H36N8O8. The molecule has 5 unspecified atom stereocenters. The lowest BCUT2D eigenvalue weighted by Gasteiger charge is -2.25. The number of H-pyrrole nitrogens is 1. The Labute approximate surface area is 234 Å². The van der Waals surface area contributed by atoms with Gasteiger partial charge in [0.15, 0.2) is 12.0 Å². The number of aromatic nitrogens is 1. The third kappa shape index (κ3) is 10.1. The highest BCUT2D eigenvalue weighted by Crippen LogP contribution is 2.19. The van der Waals surface area contributed by atoms with E-state index >= 15 is 0 Å². The van der Waals surface area contributed by atoms with Crippen LogP contribution in [0.4, 0.5) is 0 Å². The second-order valence-electron chi connectivity index (χ2n) is 9.40. The van der Waals surface area contributed by atoms with Crippen molar-refractivity contribution in [2.45, 2.75) is 62.9 Å². The van der Waals surface area contributed by atoms with Crippen LogP contribution in [-0.2, 0) is 30.4 Å². The van der Waals surface area contributed by atoms with Gasteiger partial charge in [0.1, 0.15) is 12.1 Å². The van der Waals surface area contributed by atoms with Crippen LogP contribution in [0.5, 0.6) is 0 Å². The van der Waals surface area contributed by atoms with Crippen LogP contribution in [0.25, 0.3) is 10.9 Å². The number of fused-ring (bicyclic) bond motifs is 1. The Hall–Kier alpha value is -4.70. The highest BCUT2D eigenvalue weighted by molar-refractivity contribution is 5.95. The lowest BCUT2D eigenvalue weighted by atomic mass is 10.0. The fraction of sp³-hybridized carbons (Fsp3) is 0.440. The minimum Gasteiger partial charge on any atom is -0.481 e. The van der Waals surface area contributed by atoms with Crippen molar-refractivity contribution < 1.29 is 39.3 Å². The molecule has 41 heavy (non-hydrogen) atoms. The summed E-state index contributed by atoms with van der Waals surface area (Å²) in [6.07, 6.45) is -0.371. The second kappa shape index (κ2) is 15.2. The molecule has 5 atom stereocenters. The summed E-state index contributed by atoms with van der Waals surface area (Å²) in [4.78, 5) is 68.6. The predicted octanol–water partition coefficient (Wildman–Crippen LogP) is -2.51. The van der Waals surface area contributed by atoms with Crippen LogP contribution in [-0.4, -0.2) is 92.7 Å². The van der Waals surface area contributed by atoms with Gasteiger partial charge in [-0.05, 0) is 31.4 Å². The maximum Gasteiger partial charge on any atom is 0.328 e. The number of carbonyl (C=O) groups excluding carboxylic acids is 3. The fourth-order valence-electron chi connectivity index (χ4n) is 3.98. The molecule has 0 saturated carbocycles. The summed E-state index contributed by atoms with van der Waals surface area (Å²) in [5, 5.41) is 36.1. The predicted molar refractivity (Wildman–Crippen MR) is 147 cm³/mol. The van der Waals surface area contributed by atoms with Crippen molar-refractivity contribution in [3.05, 3.63) is 36.0 Å². The van der Waals surface area contributed by atoms with E-state index in [1.54, 1.807) is 24.4 Å². The van der Waals surface area contributed by atoms with Gasteiger partial charge in [0.2, 0.25) is 17.7 Å². The summed E-state index contributed by atoms with van der Waals surface area (Å²) in [5.41, 5.74) is 17.7. The molecule has 0 bridgehead atoms. The molecule has 0 fully saturated rings. The summed E-state index contributed by atoms with van der Waals surface area (Å²) in [6, 6.07) is 1.46. The summed E-state index contributed by atoms with van der Waals surface area (Å²) in [7, 11) is 0. The third-order valence-corrected chi connectivity index (χ3v) is 6.09. The zero-order valence-electron chi connectivity index (χ0n) is 22.4. The average Bonchev–Trinajstić information content (AvgIpc) is 3.30. The van der Waals surface area contributed by atoms with E-state index in [1.807, 2.05) is 6.07 Å². The van der Waals surface area contributed by atoms with E-state index in [0.29, 0.717) is 5.56 Å². The van der Waals surface area contributed by atoms with Crippen molar-refractivity contribution in [2.24, 2.45) is 22.2 Å². The van der Waals surface area contributed by atoms with E-state index in [-0.39, 0.29) is 31.8 Å². The molecule has 0 spiro atoms. The highest BCUT2D eigenvalue weighted by atomic mass is 16.4. The number of guanidine groups is 1. The molecule has 0 saturated heterocycles. The molecule has 16 heteroatoms. The SMILES string of the molecule is CC(O)C(NC(=O)C(Cc1c[nH]c2ccccc12)NC(=O)C(CCCN=C(N)N)NC(=O)C(N)CC(=O)O)C(=O)O. The standard InChI is InChI=1S/C25H36N8O8/c1-12(34)20(24(40)41)33-23(39)18(9-13-11-30-16-6-3-2-5-14(13)16)32-22(38)17(7-4-8-29-25(27)28)31-21(37)15(26)10-19(35)36/h2-3,5-6,11-12,15,17-18,20,30,34H,4,7-10,26H2,1H3,(H,31,37)(H,32,38)(H,33,39)(H,35,36)(H,40,41)(H4,27,28,29). The molecule has 2 rings (SSSR count). The van der Waals surface area contributed by atoms with E-state index < -0.39 is 66.4 Å². The van der Waals surface area contributed by atoms with Gasteiger partial charge >= 0.3 is 11.9 Å². The first kappa shape index (κ1) is 32.5. The quantitative estimate of drug-likeness (QED) is 0.0565. The van der Waals surface area contributed by atoms with Gasteiger partial charge < -0.3 is 53.5 Å². The number of aliphatic hydroxyl groups is 1. The Bertz CT molecular complexity index is 1270. The van der Waals surface area contributed by atoms with Crippen molar-refractivity contribution in [1.82, 2.24) is 20.9 Å². The normalized spacial score (nSPS) is 14.6. The Kier molecular flexibility index (Phi) is 12.0. The zero-order valence-corrected chi connectivity index (χ0v) is 22.4. The Morgan fingerprint density at radius 1 is 0.976 bits per heavy atom. The van der Waals surface area contributed by atoms with Crippen molar-refractivity contribution in [1.29, 1.82) is 0 Å². The Morgan fingerprint density at radius 2 is 1.61 bits per heavy atom. The molecule has 13 N–H and O–H groups in total. The van der Waals surface area contributed by atoms with E-state index in [1.165, 1.54) is 6.92 Å². The Morgan fingerprint density at radius 3 is 2.22 bits per heavy atom. The summed E-state index contributed by atoms with van der Waals surface area (Å²) < 4.78 is 0. The molecule has 0 aliphatic heterocycles. The molecule has 1 aromatic carbocycles. The number of hydrogen-bond acceptors (Lipinski definition) is 8. The Balaban J connectivity index is 2.33. The van der Waals surface area contributed by atoms with Crippen LogP contribution in [0, 0.1) is 0 Å². The first-order chi connectivity index (χ1) is 19.3. The topological polar surface area (TPSA) is 288 Å². The second-order valence-corrected chi connectivity index (χ2v) is 9.40. The number of hydrogen-bond donors (Lipinski definition) is 10. The van der Waals surface area contributed by atoms with Crippen LogP contribution < -0.4 is 33.2 Å². The minimum absolute atomic E-state index is 0.0129. The van der Waals surface area contributed by atoms with Crippen molar-refractivity contribution >= 4 is 46.5 Å². The van der Waals surface area contributed by atoms with E-state index in [2.05, 4.69) is 25.9 Å². The smallest absolute Gasteiger partial charge is 0.328 e. The first-order valence-corrected chi connectivity index (χ1v) is 12.7. The van der Waals surface area contributed by atoms with Gasteiger partial charge in [0.05, 0.1) is 18.6 Å². The maximum absolute atomic E-state index is 13.4. The number of rotatable bonds is 16. The first-order valence-electron chi connectivity index (χ1n) is 12.7. The molecule has 2 aromatic rings. The number of nitrogens with two attached hydrogens (primary N) is 3. The van der Waals surface area contributed by atoms with E-state index in [9.17, 15) is 34.2 Å². The number of aromatic amines is 1. The molecule has 0 aliphatic rings. The van der Waals surface area contributed by atoms with E-state index in [0.717, 1.165) is 10.9 Å². The number of aliphatic hydroxyl groups excluding tert-OH is 1. The summed E-state index contributed by atoms with van der Waals surface area (Å²) in [5.74, 6) is -5.61. The lowest BCUT2D eigenvalue weighted by Crippen LogP contribution is -2.58. The van der Waals surface area contributed by atoms with Gasteiger partial charge in [-0.25, -0.2) is 4.79 Å².